The normalized spacial score (nSPS) is 16.0. The van der Waals surface area contributed by atoms with Crippen LogP contribution in [-0.2, 0) is 11.3 Å². The van der Waals surface area contributed by atoms with E-state index < -0.39 is 5.60 Å². The van der Waals surface area contributed by atoms with Crippen LogP contribution in [0.3, 0.4) is 0 Å². The van der Waals surface area contributed by atoms with Crippen LogP contribution < -0.4 is 5.56 Å². The van der Waals surface area contributed by atoms with Crippen molar-refractivity contribution in [3.8, 4) is 5.75 Å². The van der Waals surface area contributed by atoms with Gasteiger partial charge in [0.25, 0.3) is 5.56 Å². The number of hydrogen-bond acceptors (Lipinski definition) is 5. The number of ether oxygens (including phenoxy) is 1. The lowest BCUT2D eigenvalue weighted by Crippen LogP contribution is -2.42. The molecule has 2 heterocycles. The maximum absolute atomic E-state index is 12.6. The molecule has 1 aliphatic heterocycles. The number of rotatable bonds is 2. The van der Waals surface area contributed by atoms with Gasteiger partial charge in [0.05, 0.1) is 17.2 Å². The van der Waals surface area contributed by atoms with Crippen molar-refractivity contribution in [2.24, 2.45) is 5.92 Å². The van der Waals surface area contributed by atoms with E-state index >= 15 is 0 Å². The number of carbonyl (C=O) groups excluding carboxylic acids is 1. The van der Waals surface area contributed by atoms with Crippen LogP contribution in [0.4, 0.5) is 4.79 Å². The van der Waals surface area contributed by atoms with Crippen LogP contribution in [-0.4, -0.2) is 44.3 Å². The summed E-state index contributed by atoms with van der Waals surface area (Å²) in [5.41, 5.74) is -0.0758. The average Bonchev–Trinajstić information content (AvgIpc) is 2.57. The standard InChI is InChI=1S/C19H25N3O4/c1-19(2,3)26-18(25)21-8-6-13(7-9-21)11-22-12-20-16-5-4-14(23)10-15(16)17(22)24/h4-5,10,12-13,23H,6-9,11H2,1-3H3. The predicted molar refractivity (Wildman–Crippen MR) is 98.2 cm³/mol. The summed E-state index contributed by atoms with van der Waals surface area (Å²) in [6.45, 7) is 7.36. The van der Waals surface area contributed by atoms with E-state index in [0.29, 0.717) is 36.5 Å². The molecule has 1 aromatic carbocycles. The molecule has 1 aromatic heterocycles. The van der Waals surface area contributed by atoms with E-state index in [1.165, 1.54) is 12.1 Å². The number of aromatic nitrogens is 2. The zero-order chi connectivity index (χ0) is 18.9. The largest absolute Gasteiger partial charge is 0.508 e. The third-order valence-electron chi connectivity index (χ3n) is 4.53. The highest BCUT2D eigenvalue weighted by atomic mass is 16.6. The Balaban J connectivity index is 1.65. The Labute approximate surface area is 152 Å². The Bertz CT molecular complexity index is 861. The van der Waals surface area contributed by atoms with Crippen molar-refractivity contribution >= 4 is 17.0 Å². The lowest BCUT2D eigenvalue weighted by atomic mass is 9.97. The fourth-order valence-corrected chi connectivity index (χ4v) is 3.18. The van der Waals surface area contributed by atoms with Crippen molar-refractivity contribution in [3.63, 3.8) is 0 Å². The maximum atomic E-state index is 12.6. The molecule has 0 spiro atoms. The van der Waals surface area contributed by atoms with Crippen LogP contribution >= 0.6 is 0 Å². The van der Waals surface area contributed by atoms with Crippen LogP contribution in [0.2, 0.25) is 0 Å². The second-order valence-corrected chi connectivity index (χ2v) is 7.81. The number of nitrogens with zero attached hydrogens (tertiary/aromatic N) is 3. The molecular weight excluding hydrogens is 334 g/mol. The van der Waals surface area contributed by atoms with Gasteiger partial charge in [-0.25, -0.2) is 9.78 Å². The van der Waals surface area contributed by atoms with Gasteiger partial charge < -0.3 is 14.7 Å². The Hall–Kier alpha value is -2.57. The predicted octanol–water partition coefficient (Wildman–Crippen LogP) is 2.75. The number of hydrogen-bond donors (Lipinski definition) is 1. The molecule has 0 atom stereocenters. The fourth-order valence-electron chi connectivity index (χ4n) is 3.18. The average molecular weight is 359 g/mol. The highest BCUT2D eigenvalue weighted by Gasteiger charge is 2.27. The number of phenols is 1. The number of likely N-dealkylation sites (tertiary alicyclic amines) is 1. The molecule has 2 aromatic rings. The molecule has 0 saturated carbocycles. The lowest BCUT2D eigenvalue weighted by molar-refractivity contribution is 0.0178. The summed E-state index contributed by atoms with van der Waals surface area (Å²) in [4.78, 5) is 30.8. The minimum Gasteiger partial charge on any atom is -0.508 e. The van der Waals surface area contributed by atoms with Crippen LogP contribution in [0, 0.1) is 5.92 Å². The summed E-state index contributed by atoms with van der Waals surface area (Å²) >= 11 is 0. The molecule has 7 heteroatoms. The molecule has 0 unspecified atom stereocenters. The van der Waals surface area contributed by atoms with Crippen molar-refractivity contribution in [3.05, 3.63) is 34.9 Å². The van der Waals surface area contributed by atoms with Gasteiger partial charge in [-0.3, -0.25) is 9.36 Å². The number of fused-ring (bicyclic) bond motifs is 1. The number of phenolic OH excluding ortho intramolecular Hbond substituents is 1. The van der Waals surface area contributed by atoms with Gasteiger partial charge in [-0.05, 0) is 57.7 Å². The van der Waals surface area contributed by atoms with Crippen LogP contribution in [0.5, 0.6) is 5.75 Å². The molecule has 0 radical (unpaired) electrons. The molecule has 26 heavy (non-hydrogen) atoms. The molecule has 0 aliphatic carbocycles. The molecule has 140 valence electrons. The number of benzene rings is 1. The highest BCUT2D eigenvalue weighted by molar-refractivity contribution is 5.78. The lowest BCUT2D eigenvalue weighted by Gasteiger charge is -2.33. The Morgan fingerprint density at radius 2 is 2.00 bits per heavy atom. The van der Waals surface area contributed by atoms with Crippen LogP contribution in [0.1, 0.15) is 33.6 Å². The SMILES string of the molecule is CC(C)(C)OC(=O)N1CCC(Cn2cnc3ccc(O)cc3c2=O)CC1. The van der Waals surface area contributed by atoms with E-state index in [-0.39, 0.29) is 17.4 Å². The van der Waals surface area contributed by atoms with Crippen LogP contribution in [0.15, 0.2) is 29.3 Å². The Kier molecular flexibility index (Phi) is 4.89. The van der Waals surface area contributed by atoms with Crippen molar-refractivity contribution in [2.75, 3.05) is 13.1 Å². The Morgan fingerprint density at radius 1 is 1.31 bits per heavy atom. The smallest absolute Gasteiger partial charge is 0.410 e. The topological polar surface area (TPSA) is 84.7 Å². The summed E-state index contributed by atoms with van der Waals surface area (Å²) < 4.78 is 7.00. The monoisotopic (exact) mass is 359 g/mol. The minimum atomic E-state index is -0.496. The van der Waals surface area contributed by atoms with Crippen molar-refractivity contribution in [2.45, 2.75) is 45.8 Å². The summed E-state index contributed by atoms with van der Waals surface area (Å²) in [5, 5.41) is 10.0. The molecule has 1 fully saturated rings. The number of carbonyl (C=O) groups is 1. The van der Waals surface area contributed by atoms with E-state index in [1.807, 2.05) is 20.8 Å². The molecule has 7 nitrogen and oxygen atoms in total. The summed E-state index contributed by atoms with van der Waals surface area (Å²) in [6, 6.07) is 4.60. The first-order valence-corrected chi connectivity index (χ1v) is 8.89. The van der Waals surface area contributed by atoms with E-state index in [0.717, 1.165) is 12.8 Å². The van der Waals surface area contributed by atoms with Crippen molar-refractivity contribution in [1.82, 2.24) is 14.5 Å². The first kappa shape index (κ1) is 18.2. The molecular formula is C19H25N3O4. The van der Waals surface area contributed by atoms with Gasteiger partial charge in [0.1, 0.15) is 11.4 Å². The molecule has 3 rings (SSSR count). The number of piperidine rings is 1. The molecule has 1 N–H and O–H groups in total. The molecule has 0 bridgehead atoms. The second kappa shape index (κ2) is 6.97. The van der Waals surface area contributed by atoms with Gasteiger partial charge in [0.15, 0.2) is 0 Å². The van der Waals surface area contributed by atoms with Gasteiger partial charge in [-0.1, -0.05) is 0 Å². The van der Waals surface area contributed by atoms with Gasteiger partial charge in [0, 0.05) is 19.6 Å². The van der Waals surface area contributed by atoms with Gasteiger partial charge in [0.2, 0.25) is 0 Å². The van der Waals surface area contributed by atoms with Gasteiger partial charge in [-0.2, -0.15) is 0 Å². The van der Waals surface area contributed by atoms with Gasteiger partial charge >= 0.3 is 6.09 Å². The quantitative estimate of drug-likeness (QED) is 0.891. The third kappa shape index (κ3) is 4.15. The first-order valence-electron chi connectivity index (χ1n) is 8.89. The third-order valence-corrected chi connectivity index (χ3v) is 4.53. The van der Waals surface area contributed by atoms with Gasteiger partial charge in [-0.15, -0.1) is 0 Å². The zero-order valence-corrected chi connectivity index (χ0v) is 15.4. The van der Waals surface area contributed by atoms with E-state index in [9.17, 15) is 14.7 Å². The molecule has 1 aliphatic rings. The molecule has 1 saturated heterocycles. The van der Waals surface area contributed by atoms with Crippen LogP contribution in [0.25, 0.3) is 10.9 Å². The Morgan fingerprint density at radius 3 is 2.65 bits per heavy atom. The van der Waals surface area contributed by atoms with E-state index in [4.69, 9.17) is 4.74 Å². The summed E-state index contributed by atoms with van der Waals surface area (Å²) in [5.74, 6) is 0.350. The second-order valence-electron chi connectivity index (χ2n) is 7.81. The summed E-state index contributed by atoms with van der Waals surface area (Å²) in [7, 11) is 0. The molecule has 1 amide bonds. The zero-order valence-electron chi connectivity index (χ0n) is 15.4. The number of aromatic hydroxyl groups is 1. The fraction of sp³-hybridized carbons (Fsp3) is 0.526. The van der Waals surface area contributed by atoms with E-state index in [2.05, 4.69) is 4.98 Å². The van der Waals surface area contributed by atoms with Crippen molar-refractivity contribution < 1.29 is 14.6 Å². The van der Waals surface area contributed by atoms with E-state index in [1.54, 1.807) is 21.9 Å². The maximum Gasteiger partial charge on any atom is 0.410 e. The summed E-state index contributed by atoms with van der Waals surface area (Å²) in [6.07, 6.45) is 2.89. The minimum absolute atomic E-state index is 0.0554. The number of amides is 1. The van der Waals surface area contributed by atoms with Crippen molar-refractivity contribution in [1.29, 1.82) is 0 Å². The first-order chi connectivity index (χ1) is 12.2. The highest BCUT2D eigenvalue weighted by Crippen LogP contribution is 2.21.